The zero-order chi connectivity index (χ0) is 17.1. The third-order valence-electron chi connectivity index (χ3n) is 3.20. The summed E-state index contributed by atoms with van der Waals surface area (Å²) in [7, 11) is 0. The minimum absolute atomic E-state index is 0.0102. The summed E-state index contributed by atoms with van der Waals surface area (Å²) in [5.74, 6) is 0.0102. The van der Waals surface area contributed by atoms with E-state index in [-0.39, 0.29) is 18.0 Å². The van der Waals surface area contributed by atoms with Gasteiger partial charge in [-0.15, -0.1) is 0 Å². The molecule has 0 atom stereocenters. The van der Waals surface area contributed by atoms with Crippen LogP contribution in [0.3, 0.4) is 0 Å². The van der Waals surface area contributed by atoms with Crippen LogP contribution in [0.15, 0.2) is 24.3 Å². The lowest BCUT2D eigenvalue weighted by Gasteiger charge is -2.11. The van der Waals surface area contributed by atoms with Gasteiger partial charge in [0.2, 0.25) is 5.91 Å². The number of amides is 3. The van der Waals surface area contributed by atoms with Crippen molar-refractivity contribution in [3.05, 3.63) is 24.3 Å². The van der Waals surface area contributed by atoms with Gasteiger partial charge in [-0.3, -0.25) is 4.79 Å². The summed E-state index contributed by atoms with van der Waals surface area (Å²) in [6.07, 6.45) is 4.50. The molecule has 0 aliphatic heterocycles. The Hall–Kier alpha value is -2.08. The number of nitrogens with one attached hydrogen (secondary N) is 3. The first-order chi connectivity index (χ1) is 11.0. The molecule has 0 aromatic heterocycles. The van der Waals surface area contributed by atoms with Crippen molar-refractivity contribution >= 4 is 23.3 Å². The van der Waals surface area contributed by atoms with Gasteiger partial charge in [0.15, 0.2) is 0 Å². The molecule has 1 rings (SSSR count). The predicted molar refractivity (Wildman–Crippen MR) is 94.5 cm³/mol. The van der Waals surface area contributed by atoms with Crippen LogP contribution in [0.5, 0.6) is 0 Å². The maximum Gasteiger partial charge on any atom is 0.319 e. The fourth-order valence-electron chi connectivity index (χ4n) is 2.07. The van der Waals surface area contributed by atoms with Crippen LogP contribution in [0.1, 0.15) is 46.0 Å². The molecule has 1 aromatic rings. The largest absolute Gasteiger partial charge is 0.336 e. The molecule has 6 heteroatoms. The molecule has 0 aliphatic rings. The normalized spacial score (nSPS) is 10.4. The van der Waals surface area contributed by atoms with Gasteiger partial charge in [-0.05, 0) is 57.5 Å². The first-order valence-electron chi connectivity index (χ1n) is 8.18. The van der Waals surface area contributed by atoms with Crippen molar-refractivity contribution < 1.29 is 9.59 Å². The number of rotatable bonds is 9. The summed E-state index contributed by atoms with van der Waals surface area (Å²) < 4.78 is 0. The van der Waals surface area contributed by atoms with Crippen LogP contribution in [0.4, 0.5) is 16.2 Å². The first-order valence-corrected chi connectivity index (χ1v) is 8.18. The van der Waals surface area contributed by atoms with Gasteiger partial charge in [0.1, 0.15) is 0 Å². The van der Waals surface area contributed by atoms with Gasteiger partial charge >= 0.3 is 6.03 Å². The fraction of sp³-hybridized carbons (Fsp3) is 0.529. The molecule has 6 nitrogen and oxygen atoms in total. The smallest absolute Gasteiger partial charge is 0.319 e. The van der Waals surface area contributed by atoms with E-state index < -0.39 is 0 Å². The average Bonchev–Trinajstić information content (AvgIpc) is 2.48. The van der Waals surface area contributed by atoms with E-state index in [1.165, 1.54) is 0 Å². The van der Waals surface area contributed by atoms with E-state index in [1.54, 1.807) is 24.3 Å². The quantitative estimate of drug-likeness (QED) is 0.526. The molecule has 128 valence electrons. The Labute approximate surface area is 138 Å². The number of hydrogen-bond acceptors (Lipinski definition) is 3. The molecule has 5 N–H and O–H groups in total. The Bertz CT molecular complexity index is 486. The van der Waals surface area contributed by atoms with Crippen LogP contribution < -0.4 is 21.7 Å². The highest BCUT2D eigenvalue weighted by Crippen LogP contribution is 2.14. The van der Waals surface area contributed by atoms with E-state index in [9.17, 15) is 9.59 Å². The monoisotopic (exact) mass is 320 g/mol. The second-order valence-electron chi connectivity index (χ2n) is 5.83. The second kappa shape index (κ2) is 10.6. The Morgan fingerprint density at radius 2 is 1.52 bits per heavy atom. The maximum absolute atomic E-state index is 11.8. The first kappa shape index (κ1) is 19.0. The van der Waals surface area contributed by atoms with Gasteiger partial charge in [0.05, 0.1) is 0 Å². The van der Waals surface area contributed by atoms with E-state index in [2.05, 4.69) is 16.0 Å². The summed E-state index contributed by atoms with van der Waals surface area (Å²) in [5, 5.41) is 8.34. The summed E-state index contributed by atoms with van der Waals surface area (Å²) in [5.41, 5.74) is 6.84. The van der Waals surface area contributed by atoms with Crippen molar-refractivity contribution in [3.63, 3.8) is 0 Å². The van der Waals surface area contributed by atoms with Crippen molar-refractivity contribution in [2.24, 2.45) is 5.73 Å². The molecule has 0 radical (unpaired) electrons. The number of anilines is 2. The highest BCUT2D eigenvalue weighted by Gasteiger charge is 2.05. The van der Waals surface area contributed by atoms with E-state index in [1.807, 2.05) is 13.8 Å². The second-order valence-corrected chi connectivity index (χ2v) is 5.83. The molecule has 0 heterocycles. The molecule has 0 saturated heterocycles. The van der Waals surface area contributed by atoms with Gasteiger partial charge in [-0.25, -0.2) is 4.79 Å². The summed E-state index contributed by atoms with van der Waals surface area (Å²) >= 11 is 0. The van der Waals surface area contributed by atoms with Crippen LogP contribution in [0.2, 0.25) is 0 Å². The molecule has 3 amide bonds. The van der Waals surface area contributed by atoms with Crippen LogP contribution in [0, 0.1) is 0 Å². The highest BCUT2D eigenvalue weighted by molar-refractivity contribution is 5.92. The zero-order valence-electron chi connectivity index (χ0n) is 14.0. The molecular weight excluding hydrogens is 292 g/mol. The number of urea groups is 1. The molecule has 0 saturated carbocycles. The van der Waals surface area contributed by atoms with E-state index in [0.717, 1.165) is 31.4 Å². The van der Waals surface area contributed by atoms with Crippen molar-refractivity contribution in [2.45, 2.75) is 52.0 Å². The Morgan fingerprint density at radius 3 is 2.09 bits per heavy atom. The van der Waals surface area contributed by atoms with Gasteiger partial charge < -0.3 is 21.7 Å². The number of unbranched alkanes of at least 4 members (excludes halogenated alkanes) is 3. The molecule has 0 spiro atoms. The van der Waals surface area contributed by atoms with Crippen molar-refractivity contribution in [1.29, 1.82) is 0 Å². The Balaban J connectivity index is 2.33. The van der Waals surface area contributed by atoms with E-state index in [4.69, 9.17) is 5.73 Å². The van der Waals surface area contributed by atoms with Gasteiger partial charge in [-0.1, -0.05) is 12.8 Å². The Kier molecular flexibility index (Phi) is 8.75. The highest BCUT2D eigenvalue weighted by atomic mass is 16.2. The minimum Gasteiger partial charge on any atom is -0.336 e. The maximum atomic E-state index is 11.8. The standard InChI is InChI=1S/C17H28N4O2/c1-13(2)19-17(23)21-15-10-8-14(9-11-15)20-16(22)7-5-3-4-6-12-18/h8-11,13H,3-7,12,18H2,1-2H3,(H,20,22)(H2,19,21,23). The third kappa shape index (κ3) is 8.83. The number of hydrogen-bond donors (Lipinski definition) is 4. The summed E-state index contributed by atoms with van der Waals surface area (Å²) in [6, 6.07) is 6.91. The predicted octanol–water partition coefficient (Wildman–Crippen LogP) is 3.06. The number of carbonyl (C=O) groups excluding carboxylic acids is 2. The SMILES string of the molecule is CC(C)NC(=O)Nc1ccc(NC(=O)CCCCCCN)cc1. The lowest BCUT2D eigenvalue weighted by molar-refractivity contribution is -0.116. The molecule has 0 bridgehead atoms. The Morgan fingerprint density at radius 1 is 0.957 bits per heavy atom. The van der Waals surface area contributed by atoms with Crippen LogP contribution in [0.25, 0.3) is 0 Å². The van der Waals surface area contributed by atoms with Crippen molar-refractivity contribution in [1.82, 2.24) is 5.32 Å². The molecule has 0 aliphatic carbocycles. The number of benzene rings is 1. The van der Waals surface area contributed by atoms with Gasteiger partial charge in [0.25, 0.3) is 0 Å². The van der Waals surface area contributed by atoms with Crippen LogP contribution in [-0.2, 0) is 4.79 Å². The summed E-state index contributed by atoms with van der Waals surface area (Å²) in [6.45, 7) is 4.50. The van der Waals surface area contributed by atoms with Crippen LogP contribution in [-0.4, -0.2) is 24.5 Å². The third-order valence-corrected chi connectivity index (χ3v) is 3.20. The number of nitrogens with two attached hydrogens (primary N) is 1. The van der Waals surface area contributed by atoms with E-state index >= 15 is 0 Å². The summed E-state index contributed by atoms with van der Waals surface area (Å²) in [4.78, 5) is 23.4. The lowest BCUT2D eigenvalue weighted by Crippen LogP contribution is -2.34. The molecule has 0 unspecified atom stereocenters. The number of carbonyl (C=O) groups is 2. The zero-order valence-corrected chi connectivity index (χ0v) is 14.0. The average molecular weight is 320 g/mol. The van der Waals surface area contributed by atoms with E-state index in [0.29, 0.717) is 18.7 Å². The van der Waals surface area contributed by atoms with Crippen molar-refractivity contribution in [2.75, 3.05) is 17.2 Å². The topological polar surface area (TPSA) is 96.2 Å². The van der Waals surface area contributed by atoms with Gasteiger partial charge in [0, 0.05) is 23.8 Å². The van der Waals surface area contributed by atoms with Crippen molar-refractivity contribution in [3.8, 4) is 0 Å². The molecule has 23 heavy (non-hydrogen) atoms. The fourth-order valence-corrected chi connectivity index (χ4v) is 2.07. The van der Waals surface area contributed by atoms with Crippen LogP contribution >= 0.6 is 0 Å². The van der Waals surface area contributed by atoms with Gasteiger partial charge in [-0.2, -0.15) is 0 Å². The minimum atomic E-state index is -0.241. The lowest BCUT2D eigenvalue weighted by atomic mass is 10.1. The molecule has 0 fully saturated rings. The molecule has 1 aromatic carbocycles. The molecular formula is C17H28N4O2.